The van der Waals surface area contributed by atoms with Crippen molar-refractivity contribution in [3.05, 3.63) is 52.0 Å². The normalized spacial score (nSPS) is 12.1. The van der Waals surface area contributed by atoms with E-state index < -0.39 is 0 Å². The van der Waals surface area contributed by atoms with E-state index in [2.05, 4.69) is 10.3 Å². The van der Waals surface area contributed by atoms with Gasteiger partial charge in [0.1, 0.15) is 4.88 Å². The van der Waals surface area contributed by atoms with E-state index in [-0.39, 0.29) is 18.6 Å². The molecule has 0 saturated heterocycles. The van der Waals surface area contributed by atoms with Crippen molar-refractivity contribution in [2.45, 2.75) is 19.4 Å². The Morgan fingerprint density at radius 3 is 2.74 bits per heavy atom. The molecule has 0 radical (unpaired) electrons. The van der Waals surface area contributed by atoms with Gasteiger partial charge in [0.25, 0.3) is 5.91 Å². The summed E-state index contributed by atoms with van der Waals surface area (Å²) in [6.07, 6.45) is 2.17. The van der Waals surface area contributed by atoms with Crippen molar-refractivity contribution in [3.8, 4) is 0 Å². The van der Waals surface area contributed by atoms with Crippen molar-refractivity contribution in [3.63, 3.8) is 0 Å². The zero-order valence-electron chi connectivity index (χ0n) is 10.7. The Morgan fingerprint density at radius 1 is 1.42 bits per heavy atom. The molecular formula is C14H16N2O2S. The summed E-state index contributed by atoms with van der Waals surface area (Å²) in [5.74, 6) is -0.180. The highest BCUT2D eigenvalue weighted by molar-refractivity contribution is 7.13. The first-order valence-electron chi connectivity index (χ1n) is 6.07. The topological polar surface area (TPSA) is 62.2 Å². The molecule has 1 atom stereocenters. The lowest BCUT2D eigenvalue weighted by atomic mass is 10.1. The van der Waals surface area contributed by atoms with Crippen LogP contribution in [0.5, 0.6) is 0 Å². The highest BCUT2D eigenvalue weighted by Gasteiger charge is 2.15. The van der Waals surface area contributed by atoms with Gasteiger partial charge in [-0.3, -0.25) is 4.79 Å². The summed E-state index contributed by atoms with van der Waals surface area (Å²) in [4.78, 5) is 16.6. The number of hydrogen-bond acceptors (Lipinski definition) is 4. The summed E-state index contributed by atoms with van der Waals surface area (Å²) in [6.45, 7) is 1.77. The molecule has 0 fully saturated rings. The van der Waals surface area contributed by atoms with Crippen LogP contribution in [0.1, 0.15) is 20.2 Å². The zero-order chi connectivity index (χ0) is 13.7. The lowest BCUT2D eigenvalue weighted by molar-refractivity contribution is 0.0920. The van der Waals surface area contributed by atoms with Gasteiger partial charge >= 0.3 is 0 Å². The van der Waals surface area contributed by atoms with Crippen LogP contribution in [0.3, 0.4) is 0 Å². The smallest absolute Gasteiger partial charge is 0.263 e. The van der Waals surface area contributed by atoms with Crippen molar-refractivity contribution in [1.82, 2.24) is 10.3 Å². The van der Waals surface area contributed by atoms with Crippen LogP contribution in [0.4, 0.5) is 0 Å². The number of carbonyl (C=O) groups is 1. The number of amides is 1. The lowest BCUT2D eigenvalue weighted by Gasteiger charge is -2.15. The van der Waals surface area contributed by atoms with Gasteiger partial charge < -0.3 is 10.4 Å². The van der Waals surface area contributed by atoms with E-state index in [0.717, 1.165) is 10.6 Å². The second-order valence-corrected chi connectivity index (χ2v) is 5.52. The highest BCUT2D eigenvalue weighted by Crippen LogP contribution is 2.12. The summed E-state index contributed by atoms with van der Waals surface area (Å²) in [5.41, 5.74) is 1.09. The number of aryl methyl sites for hydroxylation is 1. The maximum Gasteiger partial charge on any atom is 0.263 e. The van der Waals surface area contributed by atoms with Crippen LogP contribution < -0.4 is 5.32 Å². The number of thiazole rings is 1. The van der Waals surface area contributed by atoms with Gasteiger partial charge in [-0.15, -0.1) is 11.3 Å². The molecule has 19 heavy (non-hydrogen) atoms. The van der Waals surface area contributed by atoms with Gasteiger partial charge in [-0.25, -0.2) is 4.98 Å². The molecule has 100 valence electrons. The lowest BCUT2D eigenvalue weighted by Crippen LogP contribution is -2.38. The maximum atomic E-state index is 12.0. The van der Waals surface area contributed by atoms with E-state index in [1.54, 1.807) is 6.20 Å². The minimum absolute atomic E-state index is 0.0849. The Hall–Kier alpha value is -1.72. The van der Waals surface area contributed by atoms with Gasteiger partial charge in [0.2, 0.25) is 0 Å². The number of hydrogen-bond donors (Lipinski definition) is 2. The first-order valence-corrected chi connectivity index (χ1v) is 6.88. The van der Waals surface area contributed by atoms with Gasteiger partial charge in [-0.1, -0.05) is 30.3 Å². The molecule has 0 saturated carbocycles. The molecule has 5 heteroatoms. The largest absolute Gasteiger partial charge is 0.394 e. The fourth-order valence-corrected chi connectivity index (χ4v) is 2.46. The summed E-state index contributed by atoms with van der Waals surface area (Å²) < 4.78 is 0. The quantitative estimate of drug-likeness (QED) is 0.875. The fourth-order valence-electron chi connectivity index (χ4n) is 1.78. The van der Waals surface area contributed by atoms with Gasteiger partial charge in [0.05, 0.1) is 23.9 Å². The molecule has 1 aromatic carbocycles. The van der Waals surface area contributed by atoms with Crippen molar-refractivity contribution in [2.24, 2.45) is 0 Å². The van der Waals surface area contributed by atoms with Crippen molar-refractivity contribution < 1.29 is 9.90 Å². The van der Waals surface area contributed by atoms with E-state index in [4.69, 9.17) is 0 Å². The SMILES string of the molecule is Cc1ncc(C(=O)N[C@@H](CO)Cc2ccccc2)s1. The summed E-state index contributed by atoms with van der Waals surface area (Å²) >= 11 is 1.35. The molecule has 2 rings (SSSR count). The highest BCUT2D eigenvalue weighted by atomic mass is 32.1. The third kappa shape index (κ3) is 3.87. The maximum absolute atomic E-state index is 12.0. The van der Waals surface area contributed by atoms with Gasteiger partial charge in [0.15, 0.2) is 0 Å². The van der Waals surface area contributed by atoms with E-state index in [1.807, 2.05) is 37.3 Å². The van der Waals surface area contributed by atoms with Gasteiger partial charge in [0, 0.05) is 0 Å². The number of nitrogens with one attached hydrogen (secondary N) is 1. The second kappa shape index (κ2) is 6.45. The third-order valence-electron chi connectivity index (χ3n) is 2.73. The molecule has 2 aromatic rings. The van der Waals surface area contributed by atoms with Crippen LogP contribution in [0, 0.1) is 6.92 Å². The molecule has 4 nitrogen and oxygen atoms in total. The van der Waals surface area contributed by atoms with Crippen molar-refractivity contribution >= 4 is 17.2 Å². The van der Waals surface area contributed by atoms with Crippen LogP contribution in [0.25, 0.3) is 0 Å². The van der Waals surface area contributed by atoms with E-state index >= 15 is 0 Å². The fraction of sp³-hybridized carbons (Fsp3) is 0.286. The Kier molecular flexibility index (Phi) is 4.65. The molecule has 2 N–H and O–H groups in total. The number of nitrogens with zero attached hydrogens (tertiary/aromatic N) is 1. The first-order chi connectivity index (χ1) is 9.19. The number of rotatable bonds is 5. The van der Waals surface area contributed by atoms with Crippen LogP contribution in [-0.2, 0) is 6.42 Å². The molecule has 1 heterocycles. The number of benzene rings is 1. The average molecular weight is 276 g/mol. The minimum Gasteiger partial charge on any atom is -0.394 e. The van der Waals surface area contributed by atoms with E-state index in [0.29, 0.717) is 11.3 Å². The number of carbonyl (C=O) groups excluding carboxylic acids is 1. The molecule has 1 aromatic heterocycles. The monoisotopic (exact) mass is 276 g/mol. The second-order valence-electron chi connectivity index (χ2n) is 4.29. The van der Waals surface area contributed by atoms with Crippen molar-refractivity contribution in [1.29, 1.82) is 0 Å². The molecule has 0 aliphatic carbocycles. The summed E-state index contributed by atoms with van der Waals surface area (Å²) in [6, 6.07) is 9.50. The predicted octanol–water partition coefficient (Wildman–Crippen LogP) is 1.78. The first kappa shape index (κ1) is 13.7. The van der Waals surface area contributed by atoms with Crippen LogP contribution in [0.15, 0.2) is 36.5 Å². The zero-order valence-corrected chi connectivity index (χ0v) is 11.5. The molecule has 0 bridgehead atoms. The van der Waals surface area contributed by atoms with Gasteiger partial charge in [-0.2, -0.15) is 0 Å². The minimum atomic E-state index is -0.280. The van der Waals surface area contributed by atoms with Crippen LogP contribution in [-0.4, -0.2) is 28.6 Å². The Labute approximate surface area is 116 Å². The van der Waals surface area contributed by atoms with Crippen molar-refractivity contribution in [2.75, 3.05) is 6.61 Å². The number of aliphatic hydroxyl groups excluding tert-OH is 1. The Balaban J connectivity index is 1.97. The Bertz CT molecular complexity index is 539. The van der Waals surface area contributed by atoms with Gasteiger partial charge in [-0.05, 0) is 18.9 Å². The average Bonchev–Trinajstić information content (AvgIpc) is 2.86. The molecule has 0 unspecified atom stereocenters. The van der Waals surface area contributed by atoms with E-state index in [9.17, 15) is 9.90 Å². The van der Waals surface area contributed by atoms with E-state index in [1.165, 1.54) is 11.3 Å². The molecule has 0 aliphatic rings. The molecule has 0 aliphatic heterocycles. The number of aromatic nitrogens is 1. The number of aliphatic hydroxyl groups is 1. The molecule has 0 spiro atoms. The standard InChI is InChI=1S/C14H16N2O2S/c1-10-15-8-13(19-10)14(18)16-12(9-17)7-11-5-3-2-4-6-11/h2-6,8,12,17H,7,9H2,1H3,(H,16,18)/t12-/m1/s1. The third-order valence-corrected chi connectivity index (χ3v) is 3.64. The summed E-state index contributed by atoms with van der Waals surface area (Å²) in [5, 5.41) is 13.0. The van der Waals surface area contributed by atoms with Crippen LogP contribution >= 0.6 is 11.3 Å². The molecule has 1 amide bonds. The predicted molar refractivity (Wildman–Crippen MR) is 75.3 cm³/mol. The van der Waals surface area contributed by atoms with Crippen LogP contribution in [0.2, 0.25) is 0 Å². The summed E-state index contributed by atoms with van der Waals surface area (Å²) in [7, 11) is 0. The molecular weight excluding hydrogens is 260 g/mol. The Morgan fingerprint density at radius 2 is 2.16 bits per heavy atom.